The SMILES string of the molecule is CC(C)CN(Cc1cc2ccccc2nc1Cl)C(=O)Nc1ccccc1F. The first kappa shape index (κ1) is 19.1. The number of carbonyl (C=O) groups is 1. The van der Waals surface area contributed by atoms with Crippen LogP contribution < -0.4 is 5.32 Å². The van der Waals surface area contributed by atoms with Crippen molar-refractivity contribution in [2.24, 2.45) is 5.92 Å². The van der Waals surface area contributed by atoms with Gasteiger partial charge >= 0.3 is 6.03 Å². The fraction of sp³-hybridized carbons (Fsp3) is 0.238. The summed E-state index contributed by atoms with van der Waals surface area (Å²) in [6.07, 6.45) is 0. The van der Waals surface area contributed by atoms with Crippen LogP contribution in [0.2, 0.25) is 5.15 Å². The van der Waals surface area contributed by atoms with E-state index in [-0.39, 0.29) is 24.2 Å². The summed E-state index contributed by atoms with van der Waals surface area (Å²) >= 11 is 6.34. The molecule has 0 atom stereocenters. The molecule has 0 unspecified atom stereocenters. The van der Waals surface area contributed by atoms with E-state index in [1.165, 1.54) is 12.1 Å². The molecule has 0 aliphatic carbocycles. The Hall–Kier alpha value is -2.66. The number of halogens is 2. The number of hydrogen-bond acceptors (Lipinski definition) is 2. The topological polar surface area (TPSA) is 45.2 Å². The second-order valence-corrected chi connectivity index (χ2v) is 7.17. The van der Waals surface area contributed by atoms with Crippen LogP contribution in [0.15, 0.2) is 54.6 Å². The molecule has 2 aromatic carbocycles. The van der Waals surface area contributed by atoms with E-state index in [1.807, 2.05) is 44.2 Å². The maximum Gasteiger partial charge on any atom is 0.322 e. The molecule has 4 nitrogen and oxygen atoms in total. The Labute approximate surface area is 163 Å². The summed E-state index contributed by atoms with van der Waals surface area (Å²) < 4.78 is 13.9. The predicted octanol–water partition coefficient (Wildman–Crippen LogP) is 5.72. The van der Waals surface area contributed by atoms with Gasteiger partial charge in [-0.05, 0) is 30.2 Å². The number of nitrogens with one attached hydrogen (secondary N) is 1. The molecule has 27 heavy (non-hydrogen) atoms. The van der Waals surface area contributed by atoms with Crippen molar-refractivity contribution >= 4 is 34.2 Å². The summed E-state index contributed by atoms with van der Waals surface area (Å²) in [4.78, 5) is 18.8. The molecule has 140 valence electrons. The third-order valence-electron chi connectivity index (χ3n) is 4.10. The smallest absolute Gasteiger partial charge is 0.320 e. The maximum absolute atomic E-state index is 13.9. The van der Waals surface area contributed by atoms with Gasteiger partial charge in [0.1, 0.15) is 11.0 Å². The number of nitrogens with zero attached hydrogens (tertiary/aromatic N) is 2. The summed E-state index contributed by atoms with van der Waals surface area (Å²) in [5, 5.41) is 3.96. The van der Waals surface area contributed by atoms with Gasteiger partial charge in [-0.2, -0.15) is 0 Å². The summed E-state index contributed by atoms with van der Waals surface area (Å²) in [5.41, 5.74) is 1.70. The van der Waals surface area contributed by atoms with Crippen molar-refractivity contribution in [2.45, 2.75) is 20.4 Å². The van der Waals surface area contributed by atoms with Crippen molar-refractivity contribution in [3.05, 3.63) is 71.1 Å². The summed E-state index contributed by atoms with van der Waals surface area (Å²) in [7, 11) is 0. The van der Waals surface area contributed by atoms with Gasteiger partial charge in [0.15, 0.2) is 0 Å². The van der Waals surface area contributed by atoms with Crippen molar-refractivity contribution < 1.29 is 9.18 Å². The van der Waals surface area contributed by atoms with E-state index in [9.17, 15) is 9.18 Å². The highest BCUT2D eigenvalue weighted by molar-refractivity contribution is 6.30. The molecule has 2 amide bonds. The average Bonchev–Trinajstić information content (AvgIpc) is 2.63. The number of amides is 2. The van der Waals surface area contributed by atoms with Crippen molar-refractivity contribution in [2.75, 3.05) is 11.9 Å². The third-order valence-corrected chi connectivity index (χ3v) is 4.43. The minimum absolute atomic E-state index is 0.152. The Bertz CT molecular complexity index is 961. The van der Waals surface area contributed by atoms with E-state index in [1.54, 1.807) is 17.0 Å². The second kappa shape index (κ2) is 8.35. The van der Waals surface area contributed by atoms with Gasteiger partial charge in [-0.1, -0.05) is 55.8 Å². The summed E-state index contributed by atoms with van der Waals surface area (Å²) in [6.45, 7) is 4.83. The largest absolute Gasteiger partial charge is 0.322 e. The Kier molecular flexibility index (Phi) is 5.91. The van der Waals surface area contributed by atoms with Crippen LogP contribution in [0, 0.1) is 11.7 Å². The Morgan fingerprint density at radius 2 is 1.89 bits per heavy atom. The Morgan fingerprint density at radius 3 is 2.63 bits per heavy atom. The minimum Gasteiger partial charge on any atom is -0.320 e. The lowest BCUT2D eigenvalue weighted by Crippen LogP contribution is -2.37. The van der Waals surface area contributed by atoms with Crippen molar-refractivity contribution in [3.63, 3.8) is 0 Å². The third kappa shape index (κ3) is 4.74. The van der Waals surface area contributed by atoms with Crippen LogP contribution >= 0.6 is 11.6 Å². The number of hydrogen-bond donors (Lipinski definition) is 1. The standard InChI is InChI=1S/C21H21ClFN3O/c1-14(2)12-26(21(27)25-19-10-6-4-8-17(19)23)13-16-11-15-7-3-5-9-18(15)24-20(16)22/h3-11,14H,12-13H2,1-2H3,(H,25,27). The van der Waals surface area contributed by atoms with E-state index in [0.29, 0.717) is 11.7 Å². The van der Waals surface area contributed by atoms with Crippen LogP contribution in [0.1, 0.15) is 19.4 Å². The van der Waals surface area contributed by atoms with Crippen molar-refractivity contribution in [1.82, 2.24) is 9.88 Å². The quantitative estimate of drug-likeness (QED) is 0.571. The van der Waals surface area contributed by atoms with Crippen molar-refractivity contribution in [1.29, 1.82) is 0 Å². The summed E-state index contributed by atoms with van der Waals surface area (Å²) in [5.74, 6) is -0.232. The van der Waals surface area contributed by atoms with Crippen LogP contribution in [0.25, 0.3) is 10.9 Å². The average molecular weight is 386 g/mol. The van der Waals surface area contributed by atoms with Gasteiger partial charge in [-0.3, -0.25) is 0 Å². The number of carbonyl (C=O) groups excluding carboxylic acids is 1. The fourth-order valence-corrected chi connectivity index (χ4v) is 3.07. The highest BCUT2D eigenvalue weighted by atomic mass is 35.5. The molecule has 3 aromatic rings. The lowest BCUT2D eigenvalue weighted by molar-refractivity contribution is 0.201. The van der Waals surface area contributed by atoms with Gasteiger partial charge in [0, 0.05) is 17.5 Å². The molecule has 0 bridgehead atoms. The van der Waals surface area contributed by atoms with Crippen LogP contribution in [-0.4, -0.2) is 22.5 Å². The number of para-hydroxylation sites is 2. The van der Waals surface area contributed by atoms with Gasteiger partial charge in [0.2, 0.25) is 0 Å². The second-order valence-electron chi connectivity index (χ2n) is 6.82. The first-order chi connectivity index (χ1) is 12.9. The van der Waals surface area contributed by atoms with Crippen LogP contribution in [0.4, 0.5) is 14.9 Å². The molecule has 3 rings (SSSR count). The van der Waals surface area contributed by atoms with E-state index in [0.717, 1.165) is 16.5 Å². The van der Waals surface area contributed by atoms with E-state index >= 15 is 0 Å². The van der Waals surface area contributed by atoms with Gasteiger partial charge < -0.3 is 10.2 Å². The molecule has 0 radical (unpaired) electrons. The summed E-state index contributed by atoms with van der Waals surface area (Å²) in [6, 6.07) is 15.3. The number of urea groups is 1. The lowest BCUT2D eigenvalue weighted by atomic mass is 10.1. The zero-order valence-electron chi connectivity index (χ0n) is 15.2. The first-order valence-corrected chi connectivity index (χ1v) is 9.16. The first-order valence-electron chi connectivity index (χ1n) is 8.78. The molecule has 0 spiro atoms. The molecule has 1 aromatic heterocycles. The monoisotopic (exact) mass is 385 g/mol. The lowest BCUT2D eigenvalue weighted by Gasteiger charge is -2.25. The Morgan fingerprint density at radius 1 is 1.19 bits per heavy atom. The predicted molar refractivity (Wildman–Crippen MR) is 107 cm³/mol. The van der Waals surface area contributed by atoms with Gasteiger partial charge in [-0.25, -0.2) is 14.2 Å². The van der Waals surface area contributed by atoms with Gasteiger partial charge in [0.05, 0.1) is 17.7 Å². The number of anilines is 1. The molecule has 0 aliphatic heterocycles. The van der Waals surface area contributed by atoms with E-state index in [4.69, 9.17) is 11.6 Å². The molecule has 0 saturated carbocycles. The van der Waals surface area contributed by atoms with E-state index < -0.39 is 5.82 Å². The zero-order valence-corrected chi connectivity index (χ0v) is 16.0. The molecule has 6 heteroatoms. The number of fused-ring (bicyclic) bond motifs is 1. The Balaban J connectivity index is 1.85. The van der Waals surface area contributed by atoms with Crippen LogP contribution in [-0.2, 0) is 6.54 Å². The molecule has 0 saturated heterocycles. The van der Waals surface area contributed by atoms with E-state index in [2.05, 4.69) is 10.3 Å². The zero-order chi connectivity index (χ0) is 19.4. The molecular weight excluding hydrogens is 365 g/mol. The van der Waals surface area contributed by atoms with Gasteiger partial charge in [-0.15, -0.1) is 0 Å². The van der Waals surface area contributed by atoms with Gasteiger partial charge in [0.25, 0.3) is 0 Å². The fourth-order valence-electron chi connectivity index (χ4n) is 2.87. The van der Waals surface area contributed by atoms with Crippen LogP contribution in [0.5, 0.6) is 0 Å². The van der Waals surface area contributed by atoms with Crippen molar-refractivity contribution in [3.8, 4) is 0 Å². The highest BCUT2D eigenvalue weighted by Crippen LogP contribution is 2.23. The molecule has 1 N–H and O–H groups in total. The molecule has 0 aliphatic rings. The van der Waals surface area contributed by atoms with Crippen LogP contribution in [0.3, 0.4) is 0 Å². The number of benzene rings is 2. The molecular formula is C21H21ClFN3O. The molecule has 0 fully saturated rings. The number of rotatable bonds is 5. The minimum atomic E-state index is -0.472. The molecule has 1 heterocycles. The highest BCUT2D eigenvalue weighted by Gasteiger charge is 2.19. The normalized spacial score (nSPS) is 11.0. The maximum atomic E-state index is 13.9. The number of aromatic nitrogens is 1. The number of pyridine rings is 1.